The second-order valence-electron chi connectivity index (χ2n) is 8.96. The third-order valence-corrected chi connectivity index (χ3v) is 7.39. The van der Waals surface area contributed by atoms with Crippen LogP contribution in [0, 0.1) is 11.7 Å². The minimum Gasteiger partial charge on any atom is -0.374 e. The number of aliphatic hydroxyl groups is 1. The molecule has 178 valence electrons. The number of hydrogen-bond donors (Lipinski definition) is 4. The normalized spacial score (nSPS) is 14.5. The van der Waals surface area contributed by atoms with E-state index >= 15 is 4.39 Å². The van der Waals surface area contributed by atoms with E-state index < -0.39 is 12.0 Å². The maximum absolute atomic E-state index is 15.1. The number of aromatic amines is 2. The molecule has 8 nitrogen and oxygen atoms in total. The fourth-order valence-electron chi connectivity index (χ4n) is 4.47. The molecular formula is C26H20FN7OS. The number of hydrogen-bond acceptors (Lipinski definition) is 7. The molecule has 5 aromatic heterocycles. The van der Waals surface area contributed by atoms with Gasteiger partial charge in [-0.15, -0.1) is 11.3 Å². The Morgan fingerprint density at radius 2 is 2.06 bits per heavy atom. The Kier molecular flexibility index (Phi) is 4.83. The lowest BCUT2D eigenvalue weighted by Gasteiger charge is -2.14. The molecule has 1 aliphatic rings. The number of aromatic nitrogens is 6. The highest BCUT2D eigenvalue weighted by atomic mass is 32.1. The Morgan fingerprint density at radius 3 is 2.89 bits per heavy atom. The van der Waals surface area contributed by atoms with Crippen LogP contribution in [-0.4, -0.2) is 41.5 Å². The highest BCUT2D eigenvalue weighted by Gasteiger charge is 2.29. The first kappa shape index (κ1) is 21.2. The largest absolute Gasteiger partial charge is 0.374 e. The highest BCUT2D eigenvalue weighted by Crippen LogP contribution is 2.36. The van der Waals surface area contributed by atoms with Crippen LogP contribution in [-0.2, 0) is 0 Å². The minimum absolute atomic E-state index is 0.258. The van der Waals surface area contributed by atoms with E-state index in [1.165, 1.54) is 6.07 Å². The molecule has 6 aromatic rings. The predicted molar refractivity (Wildman–Crippen MR) is 138 cm³/mol. The van der Waals surface area contributed by atoms with Gasteiger partial charge < -0.3 is 15.4 Å². The summed E-state index contributed by atoms with van der Waals surface area (Å²) in [6, 6.07) is 11.0. The number of fused-ring (bicyclic) bond motifs is 2. The third kappa shape index (κ3) is 3.62. The summed E-state index contributed by atoms with van der Waals surface area (Å²) < 4.78 is 15.1. The average Bonchev–Trinajstić information content (AvgIpc) is 3.26. The maximum atomic E-state index is 15.1. The smallest absolute Gasteiger partial charge is 0.178 e. The van der Waals surface area contributed by atoms with Crippen LogP contribution in [0.3, 0.4) is 0 Å². The molecule has 0 radical (unpaired) electrons. The molecule has 0 saturated heterocycles. The van der Waals surface area contributed by atoms with Gasteiger partial charge >= 0.3 is 0 Å². The van der Waals surface area contributed by atoms with Crippen molar-refractivity contribution in [3.8, 4) is 33.1 Å². The summed E-state index contributed by atoms with van der Waals surface area (Å²) in [6.07, 6.45) is 6.35. The van der Waals surface area contributed by atoms with Crippen LogP contribution >= 0.6 is 11.3 Å². The molecule has 10 heteroatoms. The molecule has 1 aliphatic carbocycles. The van der Waals surface area contributed by atoms with Crippen LogP contribution in [0.5, 0.6) is 0 Å². The first-order chi connectivity index (χ1) is 17.6. The molecule has 36 heavy (non-hydrogen) atoms. The van der Waals surface area contributed by atoms with Gasteiger partial charge in [0.15, 0.2) is 11.5 Å². The fourth-order valence-corrected chi connectivity index (χ4v) is 5.22. The van der Waals surface area contributed by atoms with Crippen molar-refractivity contribution in [1.82, 2.24) is 30.1 Å². The molecule has 1 unspecified atom stereocenters. The van der Waals surface area contributed by atoms with Gasteiger partial charge in [-0.25, -0.2) is 14.4 Å². The SMILES string of the molecule is OC(Nc1cncc(-c2cc3c(-c4nc5nccc(-c6cccs6)c5[nH]4)n[nH]c3cc2F)c1)C1CC1. The molecule has 1 aromatic carbocycles. The summed E-state index contributed by atoms with van der Waals surface area (Å²) in [7, 11) is 0. The Morgan fingerprint density at radius 1 is 1.14 bits per heavy atom. The Hall–Kier alpha value is -4.15. The van der Waals surface area contributed by atoms with Crippen molar-refractivity contribution < 1.29 is 9.50 Å². The van der Waals surface area contributed by atoms with Crippen molar-refractivity contribution in [2.24, 2.45) is 5.92 Å². The van der Waals surface area contributed by atoms with Crippen LogP contribution < -0.4 is 5.32 Å². The van der Waals surface area contributed by atoms with Crippen LogP contribution in [0.15, 0.2) is 60.4 Å². The molecule has 0 bridgehead atoms. The molecule has 0 amide bonds. The second kappa shape index (κ2) is 8.21. The Labute approximate surface area is 208 Å². The molecule has 1 atom stereocenters. The van der Waals surface area contributed by atoms with Crippen LogP contribution in [0.25, 0.3) is 55.2 Å². The number of rotatable bonds is 6. The Balaban J connectivity index is 1.31. The third-order valence-electron chi connectivity index (χ3n) is 6.49. The average molecular weight is 498 g/mol. The summed E-state index contributed by atoms with van der Waals surface area (Å²) in [4.78, 5) is 17.8. The zero-order chi connectivity index (χ0) is 24.2. The lowest BCUT2D eigenvalue weighted by molar-refractivity contribution is 0.180. The van der Waals surface area contributed by atoms with E-state index in [1.807, 2.05) is 17.5 Å². The number of benzene rings is 1. The van der Waals surface area contributed by atoms with Gasteiger partial charge in [-0.2, -0.15) is 5.10 Å². The van der Waals surface area contributed by atoms with Gasteiger partial charge in [-0.05, 0) is 42.5 Å². The number of nitrogens with one attached hydrogen (secondary N) is 3. The van der Waals surface area contributed by atoms with Gasteiger partial charge in [-0.1, -0.05) is 6.07 Å². The number of nitrogens with zero attached hydrogens (tertiary/aromatic N) is 4. The number of halogens is 1. The van der Waals surface area contributed by atoms with E-state index in [1.54, 1.807) is 42.1 Å². The minimum atomic E-state index is -0.629. The molecule has 1 fully saturated rings. The lowest BCUT2D eigenvalue weighted by atomic mass is 10.0. The lowest BCUT2D eigenvalue weighted by Crippen LogP contribution is -2.20. The van der Waals surface area contributed by atoms with Gasteiger partial charge in [0, 0.05) is 51.3 Å². The van der Waals surface area contributed by atoms with Crippen LogP contribution in [0.4, 0.5) is 10.1 Å². The van der Waals surface area contributed by atoms with Gasteiger partial charge in [0.25, 0.3) is 0 Å². The molecule has 1 saturated carbocycles. The Bertz CT molecular complexity index is 1720. The van der Waals surface area contributed by atoms with E-state index in [2.05, 4.69) is 41.5 Å². The monoisotopic (exact) mass is 497 g/mol. The summed E-state index contributed by atoms with van der Waals surface area (Å²) >= 11 is 1.65. The predicted octanol–water partition coefficient (Wildman–Crippen LogP) is 5.57. The van der Waals surface area contributed by atoms with Gasteiger partial charge in [-0.3, -0.25) is 10.1 Å². The number of anilines is 1. The zero-order valence-corrected chi connectivity index (χ0v) is 19.7. The van der Waals surface area contributed by atoms with E-state index in [9.17, 15) is 5.11 Å². The maximum Gasteiger partial charge on any atom is 0.178 e. The zero-order valence-electron chi connectivity index (χ0n) is 18.9. The van der Waals surface area contributed by atoms with Crippen LogP contribution in [0.2, 0.25) is 0 Å². The van der Waals surface area contributed by atoms with E-state index in [0.717, 1.165) is 34.2 Å². The molecule has 4 N–H and O–H groups in total. The first-order valence-corrected chi connectivity index (χ1v) is 12.5. The first-order valence-electron chi connectivity index (χ1n) is 11.6. The van der Waals surface area contributed by atoms with Gasteiger partial charge in [0.1, 0.15) is 17.7 Å². The number of pyridine rings is 2. The van der Waals surface area contributed by atoms with Crippen LogP contribution in [0.1, 0.15) is 12.8 Å². The van der Waals surface area contributed by atoms with Gasteiger partial charge in [0.05, 0.1) is 22.9 Å². The van der Waals surface area contributed by atoms with Crippen molar-refractivity contribution in [1.29, 1.82) is 0 Å². The number of imidazole rings is 1. The topological polar surface area (TPSA) is 115 Å². The number of aliphatic hydroxyl groups excluding tert-OH is 1. The second-order valence-corrected chi connectivity index (χ2v) is 9.91. The number of thiophene rings is 1. The van der Waals surface area contributed by atoms with E-state index in [4.69, 9.17) is 0 Å². The molecule has 7 rings (SSSR count). The van der Waals surface area contributed by atoms with Gasteiger partial charge in [0.2, 0.25) is 0 Å². The molecule has 0 spiro atoms. The summed E-state index contributed by atoms with van der Waals surface area (Å²) in [5, 5.41) is 23.4. The summed E-state index contributed by atoms with van der Waals surface area (Å²) in [6.45, 7) is 0. The summed E-state index contributed by atoms with van der Waals surface area (Å²) in [5.74, 6) is 0.408. The van der Waals surface area contributed by atoms with Crippen molar-refractivity contribution in [3.05, 3.63) is 66.2 Å². The highest BCUT2D eigenvalue weighted by molar-refractivity contribution is 7.13. The van der Waals surface area contributed by atoms with Crippen molar-refractivity contribution in [3.63, 3.8) is 0 Å². The standard InChI is InChI=1S/C26H20FN7OS/c27-19-10-20-18(9-17(19)14-8-15(12-28-11-14)30-26(35)13-3-4-13)23(34-33-20)25-31-22-16(21-2-1-7-36-21)5-6-29-24(22)32-25/h1-2,5-13,26,30,35H,3-4H2,(H,33,34)(H,29,31,32). The van der Waals surface area contributed by atoms with E-state index in [-0.39, 0.29) is 5.92 Å². The molecule has 5 heterocycles. The van der Waals surface area contributed by atoms with E-state index in [0.29, 0.717) is 39.5 Å². The quantitative estimate of drug-likeness (QED) is 0.224. The number of H-pyrrole nitrogens is 2. The van der Waals surface area contributed by atoms with Crippen molar-refractivity contribution in [2.75, 3.05) is 5.32 Å². The molecule has 0 aliphatic heterocycles. The fraction of sp³-hybridized carbons (Fsp3) is 0.154. The van der Waals surface area contributed by atoms with Crippen molar-refractivity contribution in [2.45, 2.75) is 19.1 Å². The molecular weight excluding hydrogens is 477 g/mol. The summed E-state index contributed by atoms with van der Waals surface area (Å²) in [5.41, 5.74) is 5.19. The van der Waals surface area contributed by atoms with Crippen molar-refractivity contribution >= 4 is 39.1 Å².